The van der Waals surface area contributed by atoms with Gasteiger partial charge in [-0.3, -0.25) is 4.79 Å². The summed E-state index contributed by atoms with van der Waals surface area (Å²) < 4.78 is 15.9. The van der Waals surface area contributed by atoms with Gasteiger partial charge >= 0.3 is 5.97 Å². The van der Waals surface area contributed by atoms with E-state index in [1.165, 1.54) is 0 Å². The molecule has 0 aromatic heterocycles. The molecule has 10 heteroatoms. The molecule has 10 nitrogen and oxygen atoms in total. The van der Waals surface area contributed by atoms with E-state index < -0.39 is 48.2 Å². The highest BCUT2D eigenvalue weighted by molar-refractivity contribution is 5.69. The Hall–Kier alpha value is -1.49. The van der Waals surface area contributed by atoms with Crippen LogP contribution in [0.2, 0.25) is 0 Å². The summed E-state index contributed by atoms with van der Waals surface area (Å²) in [6, 6.07) is 0. The van der Waals surface area contributed by atoms with Crippen molar-refractivity contribution in [2.45, 2.75) is 49.8 Å². The molecule has 0 radical (unpaired) electrons. The van der Waals surface area contributed by atoms with Crippen molar-refractivity contribution in [3.05, 3.63) is 10.1 Å². The molecule has 2 N–H and O–H groups in total. The molecule has 2 heterocycles. The number of ether oxygens (including phenoxy) is 3. The highest BCUT2D eigenvalue weighted by atomic mass is 17.0. The van der Waals surface area contributed by atoms with Crippen LogP contribution in [0, 0.1) is 10.1 Å². The number of aliphatic hydroxyl groups is 2. The summed E-state index contributed by atoms with van der Waals surface area (Å²) >= 11 is 0. The molecule has 5 atom stereocenters. The van der Waals surface area contributed by atoms with Crippen LogP contribution in [0.1, 0.15) is 19.3 Å². The molecule has 0 unspecified atom stereocenters. The van der Waals surface area contributed by atoms with E-state index in [4.69, 9.17) is 14.2 Å². The number of aliphatic hydroxyl groups excluding tert-OH is 2. The van der Waals surface area contributed by atoms with Gasteiger partial charge in [0, 0.05) is 6.42 Å². The van der Waals surface area contributed by atoms with E-state index in [1.807, 2.05) is 0 Å². The van der Waals surface area contributed by atoms with Crippen LogP contribution in [-0.2, 0) is 23.8 Å². The first-order valence-electron chi connectivity index (χ1n) is 7.03. The molecule has 2 rings (SSSR count). The maximum Gasteiger partial charge on any atom is 0.306 e. The van der Waals surface area contributed by atoms with Gasteiger partial charge in [-0.25, -0.2) is 0 Å². The predicted octanol–water partition coefficient (Wildman–Crippen LogP) is -1.20. The molecule has 0 aromatic carbocycles. The van der Waals surface area contributed by atoms with E-state index in [1.54, 1.807) is 0 Å². The number of nitrogens with zero attached hydrogens (tertiary/aromatic N) is 1. The standard InChI is InChI=1S/C12H19NO9/c14-7(4-21-13(17)18)2-1-3-10(16)22-9-6-20-11-8(15)5-19-12(9)11/h7-9,11-12,14-15H,1-6H2/t7-,8+,9+,11+,12+/m0/s1. The van der Waals surface area contributed by atoms with Crippen LogP contribution in [0.4, 0.5) is 0 Å². The van der Waals surface area contributed by atoms with Crippen LogP contribution < -0.4 is 0 Å². The first-order valence-corrected chi connectivity index (χ1v) is 7.03. The second kappa shape index (κ2) is 7.68. The third-order valence-electron chi connectivity index (χ3n) is 3.56. The first-order chi connectivity index (χ1) is 10.5. The lowest BCUT2D eigenvalue weighted by molar-refractivity contribution is -0.759. The van der Waals surface area contributed by atoms with E-state index in [2.05, 4.69) is 4.84 Å². The van der Waals surface area contributed by atoms with Crippen molar-refractivity contribution in [1.82, 2.24) is 0 Å². The highest BCUT2D eigenvalue weighted by Crippen LogP contribution is 2.29. The van der Waals surface area contributed by atoms with Gasteiger partial charge in [0.05, 0.1) is 19.3 Å². The fraction of sp³-hybridized carbons (Fsp3) is 0.917. The van der Waals surface area contributed by atoms with E-state index in [0.29, 0.717) is 6.42 Å². The van der Waals surface area contributed by atoms with E-state index in [-0.39, 0.29) is 26.1 Å². The van der Waals surface area contributed by atoms with Crippen LogP contribution in [0.15, 0.2) is 0 Å². The third-order valence-corrected chi connectivity index (χ3v) is 3.56. The Kier molecular flexibility index (Phi) is 5.89. The quantitative estimate of drug-likeness (QED) is 0.320. The van der Waals surface area contributed by atoms with Crippen LogP contribution in [0.5, 0.6) is 0 Å². The van der Waals surface area contributed by atoms with Crippen molar-refractivity contribution in [3.8, 4) is 0 Å². The van der Waals surface area contributed by atoms with Crippen LogP contribution in [0.3, 0.4) is 0 Å². The summed E-state index contributed by atoms with van der Waals surface area (Å²) in [6.07, 6.45) is -2.60. The maximum atomic E-state index is 11.7. The van der Waals surface area contributed by atoms with E-state index in [0.717, 1.165) is 0 Å². The van der Waals surface area contributed by atoms with Crippen molar-refractivity contribution in [3.63, 3.8) is 0 Å². The van der Waals surface area contributed by atoms with Gasteiger partial charge in [-0.05, 0) is 12.8 Å². The smallest absolute Gasteiger partial charge is 0.306 e. The Morgan fingerprint density at radius 2 is 2.09 bits per heavy atom. The summed E-state index contributed by atoms with van der Waals surface area (Å²) in [5.41, 5.74) is 0. The van der Waals surface area contributed by atoms with Gasteiger partial charge in [0.1, 0.15) is 24.9 Å². The number of carbonyl (C=O) groups excluding carboxylic acids is 1. The summed E-state index contributed by atoms with van der Waals surface area (Å²) in [5, 5.41) is 27.9. The number of rotatable bonds is 8. The van der Waals surface area contributed by atoms with Crippen molar-refractivity contribution in [1.29, 1.82) is 0 Å². The summed E-state index contributed by atoms with van der Waals surface area (Å²) in [4.78, 5) is 25.7. The zero-order valence-electron chi connectivity index (χ0n) is 11.8. The lowest BCUT2D eigenvalue weighted by Gasteiger charge is -2.16. The first kappa shape index (κ1) is 16.9. The molecule has 2 saturated heterocycles. The van der Waals surface area contributed by atoms with E-state index in [9.17, 15) is 25.1 Å². The number of esters is 1. The fourth-order valence-corrected chi connectivity index (χ4v) is 2.49. The molecule has 0 saturated carbocycles. The van der Waals surface area contributed by atoms with Crippen molar-refractivity contribution < 1.29 is 39.1 Å². The molecule has 22 heavy (non-hydrogen) atoms. The van der Waals surface area contributed by atoms with Gasteiger partial charge in [0.2, 0.25) is 0 Å². The van der Waals surface area contributed by atoms with Crippen LogP contribution >= 0.6 is 0 Å². The summed E-state index contributed by atoms with van der Waals surface area (Å²) in [6.45, 7) is -0.0859. The fourth-order valence-electron chi connectivity index (χ4n) is 2.49. The zero-order chi connectivity index (χ0) is 16.1. The predicted molar refractivity (Wildman–Crippen MR) is 68.2 cm³/mol. The highest BCUT2D eigenvalue weighted by Gasteiger charge is 2.48. The Balaban J connectivity index is 1.61. The molecule has 0 amide bonds. The number of hydrogen-bond acceptors (Lipinski definition) is 9. The minimum Gasteiger partial charge on any atom is -0.457 e. The van der Waals surface area contributed by atoms with Gasteiger partial charge in [-0.1, -0.05) is 0 Å². The number of hydrogen-bond donors (Lipinski definition) is 2. The summed E-state index contributed by atoms with van der Waals surface area (Å²) in [7, 11) is 0. The largest absolute Gasteiger partial charge is 0.457 e. The average Bonchev–Trinajstić information content (AvgIpc) is 3.01. The number of fused-ring (bicyclic) bond motifs is 1. The Bertz CT molecular complexity index is 404. The molecular weight excluding hydrogens is 302 g/mol. The van der Waals surface area contributed by atoms with Crippen LogP contribution in [0.25, 0.3) is 0 Å². The molecule has 0 aromatic rings. The van der Waals surface area contributed by atoms with Crippen molar-refractivity contribution in [2.24, 2.45) is 0 Å². The maximum absolute atomic E-state index is 11.7. The Morgan fingerprint density at radius 1 is 1.36 bits per heavy atom. The van der Waals surface area contributed by atoms with Crippen molar-refractivity contribution in [2.75, 3.05) is 19.8 Å². The van der Waals surface area contributed by atoms with Gasteiger partial charge in [0.25, 0.3) is 5.09 Å². The molecule has 2 aliphatic rings. The van der Waals surface area contributed by atoms with E-state index >= 15 is 0 Å². The second-order valence-electron chi connectivity index (χ2n) is 5.26. The Labute approximate surface area is 126 Å². The van der Waals surface area contributed by atoms with Crippen LogP contribution in [-0.4, -0.2) is 71.6 Å². The zero-order valence-corrected chi connectivity index (χ0v) is 11.8. The summed E-state index contributed by atoms with van der Waals surface area (Å²) in [5.74, 6) is -0.471. The molecule has 0 bridgehead atoms. The molecular formula is C12H19NO9. The second-order valence-corrected chi connectivity index (χ2v) is 5.26. The lowest BCUT2D eigenvalue weighted by atomic mass is 10.1. The molecule has 2 fully saturated rings. The lowest BCUT2D eigenvalue weighted by Crippen LogP contribution is -2.34. The van der Waals surface area contributed by atoms with Crippen molar-refractivity contribution >= 4 is 5.97 Å². The molecule has 2 aliphatic heterocycles. The third kappa shape index (κ3) is 4.50. The molecule has 0 spiro atoms. The SMILES string of the molecule is O=C(CCC[C@H](O)CO[N+](=O)[O-])O[C@@H]1CO[C@H]2[C@@H]1OC[C@H]2O. The normalized spacial score (nSPS) is 31.5. The average molecular weight is 321 g/mol. The van der Waals surface area contributed by atoms with Gasteiger partial charge in [-0.15, -0.1) is 10.1 Å². The van der Waals surface area contributed by atoms with Gasteiger partial charge < -0.3 is 29.3 Å². The van der Waals surface area contributed by atoms with Gasteiger partial charge in [0.15, 0.2) is 6.10 Å². The molecule has 0 aliphatic carbocycles. The minimum atomic E-state index is -1.01. The van der Waals surface area contributed by atoms with Gasteiger partial charge in [-0.2, -0.15) is 0 Å². The monoisotopic (exact) mass is 321 g/mol. The molecule has 126 valence electrons. The number of carbonyl (C=O) groups is 1. The minimum absolute atomic E-state index is 0.0615. The topological polar surface area (TPSA) is 138 Å². The Morgan fingerprint density at radius 3 is 2.82 bits per heavy atom.